The SMILES string of the molecule is Cc1c2oc3c4c5c(cc3c(C)c-2ccc1=[N+](C)C)CCCN5CCC4. The van der Waals surface area contributed by atoms with Gasteiger partial charge in [0.1, 0.15) is 25.4 Å². The van der Waals surface area contributed by atoms with Crippen molar-refractivity contribution in [1.29, 1.82) is 0 Å². The number of rotatable bonds is 0. The molecule has 0 N–H and O–H groups in total. The molecule has 3 heterocycles. The fraction of sp³-hybridized carbons (Fsp3) is 0.435. The summed E-state index contributed by atoms with van der Waals surface area (Å²) in [6, 6.07) is 6.86. The van der Waals surface area contributed by atoms with Gasteiger partial charge in [-0.3, -0.25) is 0 Å². The molecule has 3 nitrogen and oxygen atoms in total. The zero-order valence-corrected chi connectivity index (χ0v) is 16.3. The van der Waals surface area contributed by atoms with Gasteiger partial charge >= 0.3 is 0 Å². The summed E-state index contributed by atoms with van der Waals surface area (Å²) in [5, 5.41) is 2.54. The van der Waals surface area contributed by atoms with Crippen LogP contribution in [0.3, 0.4) is 0 Å². The average molecular weight is 347 g/mol. The highest BCUT2D eigenvalue weighted by molar-refractivity contribution is 5.95. The van der Waals surface area contributed by atoms with Crippen LogP contribution in [0.15, 0.2) is 22.6 Å². The molecule has 0 bridgehead atoms. The smallest absolute Gasteiger partial charge is 0.206 e. The minimum atomic E-state index is 1.05. The van der Waals surface area contributed by atoms with Crippen molar-refractivity contribution in [2.75, 3.05) is 32.1 Å². The lowest BCUT2D eigenvalue weighted by molar-refractivity contribution is 0.589. The molecule has 0 atom stereocenters. The fourth-order valence-electron chi connectivity index (χ4n) is 5.07. The van der Waals surface area contributed by atoms with Crippen LogP contribution in [-0.2, 0) is 12.8 Å². The number of anilines is 1. The number of benzene rings is 2. The van der Waals surface area contributed by atoms with Crippen LogP contribution in [0, 0.1) is 13.8 Å². The van der Waals surface area contributed by atoms with Crippen LogP contribution in [-0.4, -0.2) is 27.2 Å². The molecule has 0 saturated heterocycles. The van der Waals surface area contributed by atoms with E-state index >= 15 is 0 Å². The van der Waals surface area contributed by atoms with Gasteiger partial charge in [-0.2, -0.15) is 0 Å². The van der Waals surface area contributed by atoms with E-state index in [4.69, 9.17) is 4.42 Å². The van der Waals surface area contributed by atoms with Crippen LogP contribution >= 0.6 is 0 Å². The highest BCUT2D eigenvalue weighted by Gasteiger charge is 2.28. The Balaban J connectivity index is 1.95. The van der Waals surface area contributed by atoms with Gasteiger partial charge in [-0.05, 0) is 62.8 Å². The van der Waals surface area contributed by atoms with Crippen molar-refractivity contribution in [3.63, 3.8) is 0 Å². The Hall–Kier alpha value is -2.29. The van der Waals surface area contributed by atoms with Crippen LogP contribution in [0.5, 0.6) is 0 Å². The predicted octanol–water partition coefficient (Wildman–Crippen LogP) is 3.89. The van der Waals surface area contributed by atoms with Gasteiger partial charge in [-0.25, -0.2) is 4.58 Å². The lowest BCUT2D eigenvalue weighted by Gasteiger charge is -2.37. The Kier molecular flexibility index (Phi) is 3.43. The Morgan fingerprint density at radius 1 is 1.00 bits per heavy atom. The first-order chi connectivity index (χ1) is 12.6. The third-order valence-electron chi connectivity index (χ3n) is 6.34. The minimum absolute atomic E-state index is 1.05. The zero-order chi connectivity index (χ0) is 18.0. The minimum Gasteiger partial charge on any atom is -0.455 e. The summed E-state index contributed by atoms with van der Waals surface area (Å²) >= 11 is 0. The molecule has 0 amide bonds. The van der Waals surface area contributed by atoms with E-state index in [1.54, 1.807) is 0 Å². The maximum Gasteiger partial charge on any atom is 0.206 e. The van der Waals surface area contributed by atoms with Crippen molar-refractivity contribution in [3.8, 4) is 11.3 Å². The molecule has 1 aromatic rings. The van der Waals surface area contributed by atoms with E-state index in [-0.39, 0.29) is 0 Å². The molecule has 4 aliphatic rings. The lowest BCUT2D eigenvalue weighted by Crippen LogP contribution is -2.34. The van der Waals surface area contributed by atoms with E-state index in [2.05, 4.69) is 55.6 Å². The van der Waals surface area contributed by atoms with Gasteiger partial charge in [0.15, 0.2) is 0 Å². The first kappa shape index (κ1) is 15.9. The maximum absolute atomic E-state index is 6.67. The normalized spacial score (nSPS) is 16.2. The van der Waals surface area contributed by atoms with Gasteiger partial charge in [-0.1, -0.05) is 0 Å². The average Bonchev–Trinajstić information content (AvgIpc) is 2.64. The lowest BCUT2D eigenvalue weighted by atomic mass is 9.87. The Labute approximate surface area is 154 Å². The molecule has 0 fully saturated rings. The van der Waals surface area contributed by atoms with E-state index in [1.165, 1.54) is 76.6 Å². The monoisotopic (exact) mass is 347 g/mol. The van der Waals surface area contributed by atoms with E-state index < -0.39 is 0 Å². The summed E-state index contributed by atoms with van der Waals surface area (Å²) in [7, 11) is 4.19. The van der Waals surface area contributed by atoms with Gasteiger partial charge in [-0.15, -0.1) is 0 Å². The molecule has 1 aromatic carbocycles. The van der Waals surface area contributed by atoms with E-state index in [9.17, 15) is 0 Å². The zero-order valence-electron chi connectivity index (χ0n) is 16.3. The van der Waals surface area contributed by atoms with Gasteiger partial charge in [0.05, 0.1) is 5.56 Å². The molecule has 1 aliphatic carbocycles. The maximum atomic E-state index is 6.67. The summed E-state index contributed by atoms with van der Waals surface area (Å²) < 4.78 is 8.83. The Morgan fingerprint density at radius 3 is 2.54 bits per heavy atom. The van der Waals surface area contributed by atoms with E-state index in [0.717, 1.165) is 17.8 Å². The highest BCUT2D eigenvalue weighted by Crippen LogP contribution is 2.43. The molecule has 3 aliphatic heterocycles. The fourth-order valence-corrected chi connectivity index (χ4v) is 5.07. The second-order valence-electron chi connectivity index (χ2n) is 8.14. The van der Waals surface area contributed by atoms with Crippen molar-refractivity contribution in [3.05, 3.63) is 45.8 Å². The standard InChI is InChI=1S/C23H27N2O/c1-14-17-9-10-20(24(3)4)15(2)22(17)26-23-18-8-6-12-25-11-5-7-16(21(18)25)13-19(14)23/h9-10,13H,5-8,11-12H2,1-4H3/q+1. The van der Waals surface area contributed by atoms with Crippen LogP contribution in [0.4, 0.5) is 5.69 Å². The molecular weight excluding hydrogens is 320 g/mol. The van der Waals surface area contributed by atoms with Crippen molar-refractivity contribution < 1.29 is 4.42 Å². The second kappa shape index (κ2) is 5.60. The predicted molar refractivity (Wildman–Crippen MR) is 108 cm³/mol. The number of fused-ring (bicyclic) bond motifs is 3. The number of nitrogens with zero attached hydrogens (tertiary/aromatic N) is 2. The third-order valence-corrected chi connectivity index (χ3v) is 6.34. The highest BCUT2D eigenvalue weighted by atomic mass is 16.3. The van der Waals surface area contributed by atoms with Gasteiger partial charge < -0.3 is 9.32 Å². The molecular formula is C23H27N2O+. The van der Waals surface area contributed by atoms with Crippen LogP contribution in [0.25, 0.3) is 22.3 Å². The van der Waals surface area contributed by atoms with Crippen molar-refractivity contribution in [1.82, 2.24) is 4.58 Å². The van der Waals surface area contributed by atoms with Crippen LogP contribution in [0.2, 0.25) is 0 Å². The molecule has 0 spiro atoms. The second-order valence-corrected chi connectivity index (χ2v) is 8.14. The molecule has 3 heteroatoms. The summed E-state index contributed by atoms with van der Waals surface area (Å²) in [5.74, 6) is 1.05. The summed E-state index contributed by atoms with van der Waals surface area (Å²) in [5.41, 5.74) is 9.42. The van der Waals surface area contributed by atoms with Crippen molar-refractivity contribution in [2.24, 2.45) is 0 Å². The quantitative estimate of drug-likeness (QED) is 0.454. The number of hydrogen-bond donors (Lipinski definition) is 0. The Bertz CT molecular complexity index is 1080. The first-order valence-corrected chi connectivity index (χ1v) is 9.83. The first-order valence-electron chi connectivity index (χ1n) is 9.83. The summed E-state index contributed by atoms with van der Waals surface area (Å²) in [4.78, 5) is 2.59. The molecule has 0 radical (unpaired) electrons. The summed E-state index contributed by atoms with van der Waals surface area (Å²) in [6.07, 6.45) is 4.84. The largest absolute Gasteiger partial charge is 0.455 e. The third kappa shape index (κ3) is 2.09. The number of aryl methyl sites for hydroxylation is 3. The topological polar surface area (TPSA) is 19.4 Å². The molecule has 0 unspecified atom stereocenters. The molecule has 0 aromatic heterocycles. The van der Waals surface area contributed by atoms with Crippen LogP contribution in [0.1, 0.15) is 35.1 Å². The van der Waals surface area contributed by atoms with Gasteiger partial charge in [0.25, 0.3) is 0 Å². The van der Waals surface area contributed by atoms with Crippen molar-refractivity contribution >= 4 is 16.7 Å². The molecule has 0 saturated carbocycles. The van der Waals surface area contributed by atoms with Gasteiger partial charge in [0.2, 0.25) is 5.36 Å². The molecule has 26 heavy (non-hydrogen) atoms. The molecule has 5 rings (SSSR count). The van der Waals surface area contributed by atoms with E-state index in [1.807, 2.05) is 0 Å². The van der Waals surface area contributed by atoms with E-state index in [0.29, 0.717) is 0 Å². The molecule has 134 valence electrons. The Morgan fingerprint density at radius 2 is 1.77 bits per heavy atom. The number of hydrogen-bond acceptors (Lipinski definition) is 2. The van der Waals surface area contributed by atoms with Gasteiger partial charge in [0, 0.05) is 41.4 Å². The summed E-state index contributed by atoms with van der Waals surface area (Å²) in [6.45, 7) is 6.84. The van der Waals surface area contributed by atoms with Crippen molar-refractivity contribution in [2.45, 2.75) is 39.5 Å². The van der Waals surface area contributed by atoms with Crippen LogP contribution < -0.4 is 14.8 Å².